The average Bonchev–Trinajstić information content (AvgIpc) is 3.43. The first-order chi connectivity index (χ1) is 16.8. The maximum Gasteiger partial charge on any atom is 0.410 e. The first kappa shape index (κ1) is 23.2. The van der Waals surface area contributed by atoms with Gasteiger partial charge in [0.25, 0.3) is 5.91 Å². The van der Waals surface area contributed by atoms with Crippen molar-refractivity contribution in [2.24, 2.45) is 0 Å². The molecule has 1 amide bonds. The zero-order chi connectivity index (χ0) is 24.7. The highest BCUT2D eigenvalue weighted by molar-refractivity contribution is 7.16. The summed E-state index contributed by atoms with van der Waals surface area (Å²) in [4.78, 5) is 14.3. The molecule has 2 aromatic heterocycles. The van der Waals surface area contributed by atoms with Crippen molar-refractivity contribution in [3.8, 4) is 11.8 Å². The molecule has 1 aromatic carbocycles. The standard InChI is InChI=1S/C24H22F3N5O2S/c1-34-18-8-4-2-7-14(18)17-10-20(24(25,26)27)32-21(30-17)16(12-29-32)22(33)31-23-15(11-28)13-6-3-5-9-19(13)35-23/h2,4,7-8,12,17,20,30H,3,5-6,9-10H2,1H3,(H,31,33)/t17-,20-/m0/s1. The summed E-state index contributed by atoms with van der Waals surface area (Å²) in [5.74, 6) is -0.185. The second-order valence-electron chi connectivity index (χ2n) is 8.56. The second-order valence-corrected chi connectivity index (χ2v) is 9.67. The zero-order valence-electron chi connectivity index (χ0n) is 18.8. The fourth-order valence-electron chi connectivity index (χ4n) is 4.83. The lowest BCUT2D eigenvalue weighted by molar-refractivity contribution is -0.173. The molecule has 2 N–H and O–H groups in total. The van der Waals surface area contributed by atoms with E-state index in [2.05, 4.69) is 21.8 Å². The molecule has 0 fully saturated rings. The van der Waals surface area contributed by atoms with Gasteiger partial charge in [0.05, 0.1) is 24.9 Å². The number of aromatic nitrogens is 2. The van der Waals surface area contributed by atoms with Crippen molar-refractivity contribution in [3.63, 3.8) is 0 Å². The SMILES string of the molecule is COc1ccccc1[C@@H]1C[C@@H](C(F)(F)F)n2ncc(C(=O)Nc3sc4c(c3C#N)CCCC4)c2N1. The number of hydrogen-bond acceptors (Lipinski definition) is 6. The van der Waals surface area contributed by atoms with Crippen molar-refractivity contribution in [1.29, 1.82) is 5.26 Å². The van der Waals surface area contributed by atoms with Gasteiger partial charge in [-0.1, -0.05) is 18.2 Å². The van der Waals surface area contributed by atoms with E-state index in [-0.39, 0.29) is 17.8 Å². The van der Waals surface area contributed by atoms with Gasteiger partial charge in [0.15, 0.2) is 6.04 Å². The highest BCUT2D eigenvalue weighted by atomic mass is 32.1. The number of carbonyl (C=O) groups is 1. The highest BCUT2D eigenvalue weighted by Gasteiger charge is 2.47. The molecule has 0 saturated heterocycles. The quantitative estimate of drug-likeness (QED) is 0.484. The van der Waals surface area contributed by atoms with Crippen molar-refractivity contribution in [1.82, 2.24) is 9.78 Å². The molecule has 0 spiro atoms. The third-order valence-electron chi connectivity index (χ3n) is 6.51. The van der Waals surface area contributed by atoms with Crippen molar-refractivity contribution < 1.29 is 22.7 Å². The Kier molecular flexibility index (Phi) is 5.92. The van der Waals surface area contributed by atoms with Crippen molar-refractivity contribution in [2.75, 3.05) is 17.7 Å². The summed E-state index contributed by atoms with van der Waals surface area (Å²) < 4.78 is 48.3. The van der Waals surface area contributed by atoms with Crippen molar-refractivity contribution >= 4 is 28.1 Å². The van der Waals surface area contributed by atoms with Crippen LogP contribution < -0.4 is 15.4 Å². The maximum atomic E-state index is 14.0. The first-order valence-electron chi connectivity index (χ1n) is 11.2. The number of nitrogens with zero attached hydrogens (tertiary/aromatic N) is 3. The second kappa shape index (κ2) is 8.92. The maximum absolute atomic E-state index is 14.0. The van der Waals surface area contributed by atoms with E-state index in [0.29, 0.717) is 21.9 Å². The van der Waals surface area contributed by atoms with Crippen molar-refractivity contribution in [2.45, 2.75) is 50.4 Å². The molecule has 0 radical (unpaired) electrons. The van der Waals surface area contributed by atoms with Gasteiger partial charge in [0.2, 0.25) is 0 Å². The van der Waals surface area contributed by atoms with Crippen molar-refractivity contribution in [3.05, 3.63) is 57.6 Å². The minimum absolute atomic E-state index is 0.0193. The van der Waals surface area contributed by atoms with E-state index in [9.17, 15) is 23.2 Å². The summed E-state index contributed by atoms with van der Waals surface area (Å²) in [6.45, 7) is 0. The number of para-hydroxylation sites is 1. The number of thiophene rings is 1. The van der Waals surface area contributed by atoms with Crippen LogP contribution in [-0.4, -0.2) is 29.0 Å². The summed E-state index contributed by atoms with van der Waals surface area (Å²) in [5, 5.41) is 19.9. The first-order valence-corrected chi connectivity index (χ1v) is 12.0. The number of benzene rings is 1. The predicted molar refractivity (Wildman–Crippen MR) is 125 cm³/mol. The number of nitriles is 1. The van der Waals surface area contributed by atoms with E-state index in [1.807, 2.05) is 0 Å². The molecule has 0 bridgehead atoms. The van der Waals surface area contributed by atoms with Crippen LogP contribution in [0.2, 0.25) is 0 Å². The normalized spacial score (nSPS) is 19.2. The number of aryl methyl sites for hydroxylation is 1. The van der Waals surface area contributed by atoms with Crippen LogP contribution in [0.3, 0.4) is 0 Å². The molecule has 182 valence electrons. The molecule has 5 rings (SSSR count). The molecule has 7 nitrogen and oxygen atoms in total. The van der Waals surface area contributed by atoms with E-state index in [1.54, 1.807) is 24.3 Å². The fraction of sp³-hybridized carbons (Fsp3) is 0.375. The Bertz CT molecular complexity index is 1320. The Morgan fingerprint density at radius 2 is 2.09 bits per heavy atom. The molecule has 2 atom stereocenters. The highest BCUT2D eigenvalue weighted by Crippen LogP contribution is 2.46. The average molecular weight is 502 g/mol. The number of alkyl halides is 3. The molecule has 1 aliphatic heterocycles. The summed E-state index contributed by atoms with van der Waals surface area (Å²) in [6.07, 6.45) is -0.105. The number of nitrogens with one attached hydrogen (secondary N) is 2. The minimum Gasteiger partial charge on any atom is -0.496 e. The molecule has 3 aromatic rings. The van der Waals surface area contributed by atoms with Gasteiger partial charge in [-0.25, -0.2) is 4.68 Å². The number of hydrogen-bond donors (Lipinski definition) is 2. The number of amides is 1. The van der Waals surface area contributed by atoms with Crippen LogP contribution in [0.25, 0.3) is 0 Å². The van der Waals surface area contributed by atoms with E-state index < -0.39 is 24.2 Å². The van der Waals surface area contributed by atoms with E-state index in [1.165, 1.54) is 18.4 Å². The van der Waals surface area contributed by atoms with Gasteiger partial charge in [-0.15, -0.1) is 11.3 Å². The minimum atomic E-state index is -4.57. The summed E-state index contributed by atoms with van der Waals surface area (Å²) in [5.41, 5.74) is 1.93. The van der Waals surface area contributed by atoms with Gasteiger partial charge in [0, 0.05) is 16.9 Å². The third-order valence-corrected chi connectivity index (χ3v) is 7.71. The number of rotatable bonds is 4. The molecule has 0 saturated carbocycles. The summed E-state index contributed by atoms with van der Waals surface area (Å²) in [6, 6.07) is 6.36. The van der Waals surface area contributed by atoms with Gasteiger partial charge in [0.1, 0.15) is 28.2 Å². The Morgan fingerprint density at radius 3 is 2.83 bits per heavy atom. The summed E-state index contributed by atoms with van der Waals surface area (Å²) in [7, 11) is 1.46. The molecular weight excluding hydrogens is 479 g/mol. The van der Waals surface area contributed by atoms with E-state index >= 15 is 0 Å². The lowest BCUT2D eigenvalue weighted by Crippen LogP contribution is -2.36. The molecule has 11 heteroatoms. The predicted octanol–water partition coefficient (Wildman–Crippen LogP) is 5.62. The van der Waals surface area contributed by atoms with Crippen LogP contribution in [0.15, 0.2) is 30.5 Å². The van der Waals surface area contributed by atoms with E-state index in [4.69, 9.17) is 4.74 Å². The lowest BCUT2D eigenvalue weighted by Gasteiger charge is -2.34. The van der Waals surface area contributed by atoms with Crippen LogP contribution in [-0.2, 0) is 12.8 Å². The number of carbonyl (C=O) groups excluding carboxylic acids is 1. The third kappa shape index (κ3) is 4.12. The van der Waals surface area contributed by atoms with E-state index in [0.717, 1.165) is 47.0 Å². The molecular formula is C24H22F3N5O2S. The van der Waals surface area contributed by atoms with Crippen LogP contribution >= 0.6 is 11.3 Å². The van der Waals surface area contributed by atoms with Crippen LogP contribution in [0.5, 0.6) is 5.75 Å². The van der Waals surface area contributed by atoms with Gasteiger partial charge in [-0.05, 0) is 37.3 Å². The molecule has 2 aliphatic rings. The molecule has 35 heavy (non-hydrogen) atoms. The Morgan fingerprint density at radius 1 is 1.31 bits per heavy atom. The van der Waals surface area contributed by atoms with Crippen LogP contribution in [0.4, 0.5) is 24.0 Å². The number of halogens is 3. The number of ether oxygens (including phenoxy) is 1. The van der Waals surface area contributed by atoms with Gasteiger partial charge in [-0.2, -0.15) is 23.5 Å². The van der Waals surface area contributed by atoms with Crippen LogP contribution in [0.1, 0.15) is 63.3 Å². The Balaban J connectivity index is 1.51. The van der Waals surface area contributed by atoms with Crippen LogP contribution in [0, 0.1) is 11.3 Å². The van der Waals surface area contributed by atoms with Gasteiger partial charge >= 0.3 is 6.18 Å². The smallest absolute Gasteiger partial charge is 0.410 e. The Hall–Kier alpha value is -3.52. The van der Waals surface area contributed by atoms with Gasteiger partial charge < -0.3 is 15.4 Å². The number of fused-ring (bicyclic) bond motifs is 2. The topological polar surface area (TPSA) is 92.0 Å². The molecule has 0 unspecified atom stereocenters. The zero-order valence-corrected chi connectivity index (χ0v) is 19.6. The van der Waals surface area contributed by atoms with Gasteiger partial charge in [-0.3, -0.25) is 4.79 Å². The summed E-state index contributed by atoms with van der Waals surface area (Å²) >= 11 is 1.36. The Labute approximate surface area is 203 Å². The monoisotopic (exact) mass is 501 g/mol. The number of anilines is 2. The lowest BCUT2D eigenvalue weighted by atomic mass is 9.95. The number of methoxy groups -OCH3 is 1. The largest absolute Gasteiger partial charge is 0.496 e. The molecule has 1 aliphatic carbocycles. The fourth-order valence-corrected chi connectivity index (χ4v) is 6.06. The molecule has 3 heterocycles.